The summed E-state index contributed by atoms with van der Waals surface area (Å²) < 4.78 is 6.04. The molecule has 0 spiro atoms. The lowest BCUT2D eigenvalue weighted by Crippen LogP contribution is -2.15. The fourth-order valence-electron chi connectivity index (χ4n) is 3.92. The Labute approximate surface area is 171 Å². The lowest BCUT2D eigenvalue weighted by atomic mass is 9.94. The maximum atomic E-state index is 7.93. The van der Waals surface area contributed by atoms with Crippen LogP contribution < -0.4 is 0 Å². The number of ether oxygens (including phenoxy) is 1. The van der Waals surface area contributed by atoms with Crippen LogP contribution in [0.4, 0.5) is 0 Å². The predicted octanol–water partition coefficient (Wildman–Crippen LogP) is 6.18. The molecule has 0 saturated carbocycles. The predicted molar refractivity (Wildman–Crippen MR) is 122 cm³/mol. The van der Waals surface area contributed by atoms with E-state index in [9.17, 15) is 0 Å². The minimum absolute atomic E-state index is 0.111. The molecule has 2 atom stereocenters. The number of fused-ring (bicyclic) bond motifs is 2. The Kier molecular flexibility index (Phi) is 5.78. The molecule has 0 bridgehead atoms. The summed E-state index contributed by atoms with van der Waals surface area (Å²) in [6, 6.07) is 28.9. The molecule has 0 saturated heterocycles. The van der Waals surface area contributed by atoms with E-state index in [1.165, 1.54) is 23.2 Å². The number of hydrogen-bond donors (Lipinski definition) is 2. The summed E-state index contributed by atoms with van der Waals surface area (Å²) in [5, 5.41) is 20.5. The van der Waals surface area contributed by atoms with Gasteiger partial charge in [-0.1, -0.05) is 84.9 Å². The van der Waals surface area contributed by atoms with Crippen LogP contribution in [0.2, 0.25) is 0 Å². The minimum atomic E-state index is -0.111. The lowest BCUT2D eigenvalue weighted by molar-refractivity contribution is 0.131. The molecule has 2 unspecified atom stereocenters. The van der Waals surface area contributed by atoms with Crippen LogP contribution in [-0.4, -0.2) is 25.6 Å². The van der Waals surface area contributed by atoms with E-state index in [0.717, 1.165) is 21.9 Å². The molecule has 0 amide bonds. The van der Waals surface area contributed by atoms with E-state index in [1.807, 2.05) is 36.4 Å². The highest BCUT2D eigenvalue weighted by atomic mass is 16.5. The summed E-state index contributed by atoms with van der Waals surface area (Å²) in [6.07, 6.45) is 2.91. The average molecular weight is 380 g/mol. The SMILES string of the molecule is N=CC(COCC(C=N)c1cccc2ccccc12)c1cccc2ccccc12. The molecule has 4 aromatic rings. The van der Waals surface area contributed by atoms with Crippen LogP contribution in [0, 0.1) is 10.8 Å². The molecule has 3 nitrogen and oxygen atoms in total. The van der Waals surface area contributed by atoms with E-state index in [-0.39, 0.29) is 11.8 Å². The van der Waals surface area contributed by atoms with Crippen LogP contribution in [0.5, 0.6) is 0 Å². The first kappa shape index (κ1) is 19.0. The standard InChI is InChI=1S/C26H24N2O/c27-15-21(25-13-5-9-19-7-1-3-11-23(19)25)17-29-18-22(16-28)26-14-6-10-20-8-2-4-12-24(20)26/h1-16,21-22,27-28H,17-18H2. The van der Waals surface area contributed by atoms with Gasteiger partial charge in [-0.25, -0.2) is 0 Å². The number of benzene rings is 4. The van der Waals surface area contributed by atoms with Crippen molar-refractivity contribution >= 4 is 34.0 Å². The Morgan fingerprint density at radius 1 is 0.586 bits per heavy atom. The molecule has 3 heteroatoms. The third-order valence-corrected chi connectivity index (χ3v) is 5.44. The van der Waals surface area contributed by atoms with E-state index < -0.39 is 0 Å². The Balaban J connectivity index is 1.51. The first-order chi connectivity index (χ1) is 14.3. The number of nitrogens with one attached hydrogen (secondary N) is 2. The van der Waals surface area contributed by atoms with Crippen molar-refractivity contribution in [2.75, 3.05) is 13.2 Å². The summed E-state index contributed by atoms with van der Waals surface area (Å²) in [7, 11) is 0. The average Bonchev–Trinajstić information content (AvgIpc) is 2.79. The third-order valence-electron chi connectivity index (χ3n) is 5.44. The van der Waals surface area contributed by atoms with E-state index in [4.69, 9.17) is 15.6 Å². The van der Waals surface area contributed by atoms with Gasteiger partial charge in [0.1, 0.15) is 0 Å². The first-order valence-electron chi connectivity index (χ1n) is 9.86. The Hall–Kier alpha value is -3.30. The molecule has 0 aliphatic heterocycles. The van der Waals surface area contributed by atoms with E-state index in [2.05, 4.69) is 48.5 Å². The van der Waals surface area contributed by atoms with Gasteiger partial charge in [0.15, 0.2) is 0 Å². The molecule has 29 heavy (non-hydrogen) atoms. The van der Waals surface area contributed by atoms with Crippen molar-refractivity contribution in [1.29, 1.82) is 10.8 Å². The van der Waals surface area contributed by atoms with Crippen LogP contribution in [0.3, 0.4) is 0 Å². The van der Waals surface area contributed by atoms with Crippen LogP contribution in [0.1, 0.15) is 23.0 Å². The maximum Gasteiger partial charge on any atom is 0.0585 e. The number of hydrogen-bond acceptors (Lipinski definition) is 3. The highest BCUT2D eigenvalue weighted by Gasteiger charge is 2.16. The van der Waals surface area contributed by atoms with Gasteiger partial charge >= 0.3 is 0 Å². The van der Waals surface area contributed by atoms with Crippen molar-refractivity contribution in [2.24, 2.45) is 0 Å². The molecule has 4 rings (SSSR count). The number of rotatable bonds is 8. The first-order valence-corrected chi connectivity index (χ1v) is 9.86. The van der Waals surface area contributed by atoms with Gasteiger partial charge in [-0.15, -0.1) is 0 Å². The topological polar surface area (TPSA) is 56.9 Å². The van der Waals surface area contributed by atoms with Crippen molar-refractivity contribution in [3.05, 3.63) is 96.1 Å². The zero-order valence-electron chi connectivity index (χ0n) is 16.2. The summed E-state index contributed by atoms with van der Waals surface area (Å²) >= 11 is 0. The molecule has 0 aliphatic carbocycles. The van der Waals surface area contributed by atoms with Crippen molar-refractivity contribution in [2.45, 2.75) is 11.8 Å². The Morgan fingerprint density at radius 2 is 1.00 bits per heavy atom. The summed E-state index contributed by atoms with van der Waals surface area (Å²) in [6.45, 7) is 0.846. The van der Waals surface area contributed by atoms with Crippen LogP contribution in [0.15, 0.2) is 84.9 Å². The van der Waals surface area contributed by atoms with Gasteiger partial charge in [0.25, 0.3) is 0 Å². The normalized spacial score (nSPS) is 13.2. The maximum absolute atomic E-state index is 7.93. The second-order valence-corrected chi connectivity index (χ2v) is 7.22. The monoisotopic (exact) mass is 380 g/mol. The molecular weight excluding hydrogens is 356 g/mol. The van der Waals surface area contributed by atoms with Gasteiger partial charge in [-0.3, -0.25) is 0 Å². The summed E-state index contributed by atoms with van der Waals surface area (Å²) in [5.74, 6) is -0.222. The van der Waals surface area contributed by atoms with Gasteiger partial charge in [0.2, 0.25) is 0 Å². The fraction of sp³-hybridized carbons (Fsp3) is 0.154. The van der Waals surface area contributed by atoms with Crippen molar-refractivity contribution in [3.63, 3.8) is 0 Å². The molecule has 0 heterocycles. The second kappa shape index (κ2) is 8.80. The Morgan fingerprint density at radius 3 is 1.45 bits per heavy atom. The highest BCUT2D eigenvalue weighted by molar-refractivity contribution is 5.89. The quantitative estimate of drug-likeness (QED) is 0.353. The van der Waals surface area contributed by atoms with Crippen LogP contribution >= 0.6 is 0 Å². The van der Waals surface area contributed by atoms with Crippen molar-refractivity contribution in [3.8, 4) is 0 Å². The molecule has 144 valence electrons. The molecule has 2 N–H and O–H groups in total. The third kappa shape index (κ3) is 3.96. The summed E-state index contributed by atoms with van der Waals surface area (Å²) in [5.41, 5.74) is 2.21. The zero-order chi connectivity index (χ0) is 20.1. The molecule has 0 fully saturated rings. The smallest absolute Gasteiger partial charge is 0.0585 e. The van der Waals surface area contributed by atoms with E-state index in [0.29, 0.717) is 13.2 Å². The second-order valence-electron chi connectivity index (χ2n) is 7.22. The van der Waals surface area contributed by atoms with E-state index in [1.54, 1.807) is 0 Å². The van der Waals surface area contributed by atoms with Crippen molar-refractivity contribution < 1.29 is 4.74 Å². The van der Waals surface area contributed by atoms with Gasteiger partial charge in [-0.05, 0) is 32.7 Å². The molecular formula is C26H24N2O. The molecule has 0 aromatic heterocycles. The fourth-order valence-corrected chi connectivity index (χ4v) is 3.92. The van der Waals surface area contributed by atoms with Gasteiger partial charge in [-0.2, -0.15) is 0 Å². The largest absolute Gasteiger partial charge is 0.379 e. The molecule has 0 radical (unpaired) electrons. The minimum Gasteiger partial charge on any atom is -0.379 e. The highest BCUT2D eigenvalue weighted by Crippen LogP contribution is 2.27. The van der Waals surface area contributed by atoms with Gasteiger partial charge < -0.3 is 15.6 Å². The van der Waals surface area contributed by atoms with E-state index >= 15 is 0 Å². The molecule has 4 aromatic carbocycles. The van der Waals surface area contributed by atoms with Gasteiger partial charge in [0.05, 0.1) is 13.2 Å². The van der Waals surface area contributed by atoms with Crippen LogP contribution in [0.25, 0.3) is 21.5 Å². The van der Waals surface area contributed by atoms with Crippen molar-refractivity contribution in [1.82, 2.24) is 0 Å². The van der Waals surface area contributed by atoms with Gasteiger partial charge in [0, 0.05) is 24.3 Å². The lowest BCUT2D eigenvalue weighted by Gasteiger charge is -2.18. The summed E-state index contributed by atoms with van der Waals surface area (Å²) in [4.78, 5) is 0. The Bertz CT molecular complexity index is 1050. The molecule has 0 aliphatic rings. The zero-order valence-corrected chi connectivity index (χ0v) is 16.2. The van der Waals surface area contributed by atoms with Crippen LogP contribution in [-0.2, 0) is 4.74 Å².